The molecule has 14 heteroatoms. The Balaban J connectivity index is 5.50. The molecule has 3 amide bonds. The van der Waals surface area contributed by atoms with Crippen LogP contribution < -0.4 is 33.2 Å². The first-order valence-electron chi connectivity index (χ1n) is 10.9. The molecule has 5 atom stereocenters. The highest BCUT2D eigenvalue weighted by molar-refractivity contribution is 7.98. The molecule has 0 aliphatic rings. The zero-order chi connectivity index (χ0) is 26.4. The second-order valence-electron chi connectivity index (χ2n) is 8.19. The van der Waals surface area contributed by atoms with E-state index in [1.54, 1.807) is 25.6 Å². The Morgan fingerprint density at radius 2 is 1.53 bits per heavy atom. The highest BCUT2D eigenvalue weighted by Crippen LogP contribution is 2.07. The number of rotatable bonds is 16. The number of carboxylic acid groups (broad SMARTS) is 1. The smallest absolute Gasteiger partial charge is 0.328 e. The minimum atomic E-state index is -1.57. The number of hydrogen-bond acceptors (Lipinski definition) is 8. The van der Waals surface area contributed by atoms with Gasteiger partial charge in [-0.3, -0.25) is 19.4 Å². The van der Waals surface area contributed by atoms with Crippen LogP contribution in [0.3, 0.4) is 0 Å². The van der Waals surface area contributed by atoms with E-state index in [4.69, 9.17) is 17.2 Å². The van der Waals surface area contributed by atoms with Gasteiger partial charge in [0.2, 0.25) is 17.7 Å². The normalized spacial score (nSPS) is 15.4. The van der Waals surface area contributed by atoms with Crippen LogP contribution in [0.15, 0.2) is 4.99 Å². The van der Waals surface area contributed by atoms with Crippen LogP contribution in [-0.4, -0.2) is 88.7 Å². The van der Waals surface area contributed by atoms with Crippen LogP contribution in [0.1, 0.15) is 40.0 Å². The van der Waals surface area contributed by atoms with Gasteiger partial charge in [-0.1, -0.05) is 13.8 Å². The van der Waals surface area contributed by atoms with E-state index in [1.807, 2.05) is 6.26 Å². The number of nitrogens with zero attached hydrogens (tertiary/aromatic N) is 1. The lowest BCUT2D eigenvalue weighted by Gasteiger charge is -2.27. The molecule has 0 saturated heterocycles. The first-order chi connectivity index (χ1) is 15.8. The Hall–Kier alpha value is -2.58. The third-order valence-corrected chi connectivity index (χ3v) is 5.49. The Morgan fingerprint density at radius 3 is 2.00 bits per heavy atom. The summed E-state index contributed by atoms with van der Waals surface area (Å²) in [6, 6.07) is -4.50. The van der Waals surface area contributed by atoms with E-state index < -0.39 is 54.0 Å². The first-order valence-corrected chi connectivity index (χ1v) is 12.3. The number of nitrogens with one attached hydrogen (secondary N) is 3. The standard InChI is InChI=1S/C20H39N7O6S/c1-10(2)14(26-16(29)12(21)7-9-34-4)18(31)25-13(6-5-8-24-20(22)23)17(30)27-15(11(3)28)19(32)33/h10-15,28H,5-9,21H2,1-4H3,(H,25,31)(H,26,29)(H,27,30)(H,32,33)(H4,22,23,24). The fourth-order valence-corrected chi connectivity index (χ4v) is 3.34. The third kappa shape index (κ3) is 12.0. The Kier molecular flexibility index (Phi) is 14.9. The van der Waals surface area contributed by atoms with E-state index in [1.165, 1.54) is 6.92 Å². The number of hydrogen-bond donors (Lipinski definition) is 8. The molecule has 5 unspecified atom stereocenters. The lowest BCUT2D eigenvalue weighted by Crippen LogP contribution is -2.59. The predicted octanol–water partition coefficient (Wildman–Crippen LogP) is -2.30. The van der Waals surface area contributed by atoms with Gasteiger partial charge < -0.3 is 43.4 Å². The number of carbonyl (C=O) groups is 4. The number of amides is 3. The van der Waals surface area contributed by atoms with Gasteiger partial charge in [-0.2, -0.15) is 11.8 Å². The number of guanidine groups is 1. The molecule has 0 aromatic rings. The van der Waals surface area contributed by atoms with Crippen molar-refractivity contribution in [2.24, 2.45) is 28.1 Å². The monoisotopic (exact) mass is 505 g/mol. The summed E-state index contributed by atoms with van der Waals surface area (Å²) < 4.78 is 0. The molecule has 0 heterocycles. The molecule has 0 rings (SSSR count). The summed E-state index contributed by atoms with van der Waals surface area (Å²) in [4.78, 5) is 53.3. The molecule has 196 valence electrons. The quantitative estimate of drug-likeness (QED) is 0.0634. The summed E-state index contributed by atoms with van der Waals surface area (Å²) >= 11 is 1.54. The van der Waals surface area contributed by atoms with E-state index in [0.717, 1.165) is 0 Å². The molecular formula is C20H39N7O6S. The van der Waals surface area contributed by atoms with Crippen molar-refractivity contribution in [3.05, 3.63) is 0 Å². The van der Waals surface area contributed by atoms with Crippen LogP contribution in [0, 0.1) is 5.92 Å². The van der Waals surface area contributed by atoms with Gasteiger partial charge >= 0.3 is 5.97 Å². The highest BCUT2D eigenvalue weighted by Gasteiger charge is 2.32. The van der Waals surface area contributed by atoms with Gasteiger partial charge in [0, 0.05) is 6.54 Å². The summed E-state index contributed by atoms with van der Waals surface area (Å²) in [7, 11) is 0. The fourth-order valence-electron chi connectivity index (χ4n) is 2.85. The minimum Gasteiger partial charge on any atom is -0.480 e. The van der Waals surface area contributed by atoms with E-state index >= 15 is 0 Å². The van der Waals surface area contributed by atoms with E-state index in [2.05, 4.69) is 20.9 Å². The second kappa shape index (κ2) is 16.1. The number of thioether (sulfide) groups is 1. The fraction of sp³-hybridized carbons (Fsp3) is 0.750. The molecule has 0 aromatic heterocycles. The molecule has 0 aromatic carbocycles. The first kappa shape index (κ1) is 31.4. The summed E-state index contributed by atoms with van der Waals surface area (Å²) in [6.45, 7) is 4.84. The molecular weight excluding hydrogens is 466 g/mol. The molecule has 0 aliphatic heterocycles. The Bertz CT molecular complexity index is 716. The number of carboxylic acids is 1. The van der Waals surface area contributed by atoms with Crippen LogP contribution in [0.2, 0.25) is 0 Å². The van der Waals surface area contributed by atoms with Gasteiger partial charge in [0.25, 0.3) is 0 Å². The molecule has 0 radical (unpaired) electrons. The second-order valence-corrected chi connectivity index (χ2v) is 9.18. The zero-order valence-corrected chi connectivity index (χ0v) is 20.9. The molecule has 0 spiro atoms. The summed E-state index contributed by atoms with van der Waals surface area (Å²) in [5, 5.41) is 26.3. The molecule has 11 N–H and O–H groups in total. The Morgan fingerprint density at radius 1 is 0.941 bits per heavy atom. The van der Waals surface area contributed by atoms with Gasteiger partial charge in [0.15, 0.2) is 12.0 Å². The number of aliphatic carboxylic acids is 1. The Labute approximate surface area is 204 Å². The topological polar surface area (TPSA) is 235 Å². The summed E-state index contributed by atoms with van der Waals surface area (Å²) in [5.74, 6) is -3.14. The van der Waals surface area contributed by atoms with Crippen LogP contribution in [0.5, 0.6) is 0 Å². The SMILES string of the molecule is CSCCC(N)C(=O)NC(C(=O)NC(CCCN=C(N)N)C(=O)NC(C(=O)O)C(C)O)C(C)C. The minimum absolute atomic E-state index is 0.0759. The highest BCUT2D eigenvalue weighted by atomic mass is 32.2. The molecule has 0 bridgehead atoms. The molecule has 0 saturated carbocycles. The molecule has 0 aliphatic carbocycles. The van der Waals surface area contributed by atoms with Gasteiger partial charge in [0.05, 0.1) is 12.1 Å². The summed E-state index contributed by atoms with van der Waals surface area (Å²) in [5.41, 5.74) is 16.5. The van der Waals surface area contributed by atoms with E-state index in [-0.39, 0.29) is 24.8 Å². The van der Waals surface area contributed by atoms with Crippen LogP contribution in [-0.2, 0) is 19.2 Å². The number of nitrogens with two attached hydrogens (primary N) is 3. The molecule has 13 nitrogen and oxygen atoms in total. The van der Waals surface area contributed by atoms with Crippen LogP contribution >= 0.6 is 11.8 Å². The average Bonchev–Trinajstić information content (AvgIpc) is 2.74. The maximum absolute atomic E-state index is 13.0. The third-order valence-electron chi connectivity index (χ3n) is 4.84. The lowest BCUT2D eigenvalue weighted by molar-refractivity contribution is -0.145. The van der Waals surface area contributed by atoms with Gasteiger partial charge in [-0.05, 0) is 44.1 Å². The van der Waals surface area contributed by atoms with Crippen molar-refractivity contribution in [3.63, 3.8) is 0 Å². The maximum Gasteiger partial charge on any atom is 0.328 e. The largest absolute Gasteiger partial charge is 0.480 e. The average molecular weight is 506 g/mol. The van der Waals surface area contributed by atoms with Crippen molar-refractivity contribution >= 4 is 41.4 Å². The predicted molar refractivity (Wildman–Crippen MR) is 131 cm³/mol. The lowest BCUT2D eigenvalue weighted by atomic mass is 10.0. The number of carbonyl (C=O) groups excluding carboxylic acids is 3. The van der Waals surface area contributed by atoms with Crippen molar-refractivity contribution in [3.8, 4) is 0 Å². The summed E-state index contributed by atoms with van der Waals surface area (Å²) in [6.07, 6.45) is 1.32. The number of aliphatic imine (C=N–C) groups is 1. The van der Waals surface area contributed by atoms with Crippen molar-refractivity contribution in [2.75, 3.05) is 18.6 Å². The maximum atomic E-state index is 13.0. The van der Waals surface area contributed by atoms with Gasteiger partial charge in [0.1, 0.15) is 12.1 Å². The van der Waals surface area contributed by atoms with Gasteiger partial charge in [-0.15, -0.1) is 0 Å². The van der Waals surface area contributed by atoms with Crippen LogP contribution in [0.4, 0.5) is 0 Å². The van der Waals surface area contributed by atoms with Crippen molar-refractivity contribution in [1.29, 1.82) is 0 Å². The number of aliphatic hydroxyl groups is 1. The number of aliphatic hydroxyl groups excluding tert-OH is 1. The van der Waals surface area contributed by atoms with Crippen molar-refractivity contribution in [1.82, 2.24) is 16.0 Å². The van der Waals surface area contributed by atoms with Crippen LogP contribution in [0.25, 0.3) is 0 Å². The van der Waals surface area contributed by atoms with Crippen molar-refractivity contribution in [2.45, 2.75) is 70.3 Å². The van der Waals surface area contributed by atoms with Crippen molar-refractivity contribution < 1.29 is 29.4 Å². The molecule has 0 fully saturated rings. The van der Waals surface area contributed by atoms with E-state index in [9.17, 15) is 29.4 Å². The molecule has 34 heavy (non-hydrogen) atoms. The van der Waals surface area contributed by atoms with E-state index in [0.29, 0.717) is 18.6 Å². The van der Waals surface area contributed by atoms with Gasteiger partial charge in [-0.25, -0.2) is 4.79 Å². The zero-order valence-electron chi connectivity index (χ0n) is 20.1.